The third-order valence-corrected chi connectivity index (χ3v) is 3.82. The van der Waals surface area contributed by atoms with Gasteiger partial charge in [-0.2, -0.15) is 0 Å². The Balaban J connectivity index is 2.50. The average Bonchev–Trinajstić information content (AvgIpc) is 2.46. The van der Waals surface area contributed by atoms with Crippen molar-refractivity contribution in [3.63, 3.8) is 0 Å². The molecule has 0 radical (unpaired) electrons. The Bertz CT molecular complexity index is 571. The summed E-state index contributed by atoms with van der Waals surface area (Å²) in [4.78, 5) is 17.6. The van der Waals surface area contributed by atoms with Gasteiger partial charge < -0.3 is 5.32 Å². The topological polar surface area (TPSA) is 63.6 Å². The van der Waals surface area contributed by atoms with E-state index in [1.165, 1.54) is 0 Å². The number of nitrogens with zero attached hydrogens (tertiary/aromatic N) is 4. The highest BCUT2D eigenvalue weighted by Gasteiger charge is 2.16. The van der Waals surface area contributed by atoms with E-state index in [4.69, 9.17) is 0 Å². The lowest BCUT2D eigenvalue weighted by Gasteiger charge is -2.14. The van der Waals surface area contributed by atoms with Gasteiger partial charge in [0.15, 0.2) is 5.82 Å². The summed E-state index contributed by atoms with van der Waals surface area (Å²) in [5, 5.41) is 3.36. The van der Waals surface area contributed by atoms with Crippen LogP contribution in [0, 0.1) is 3.57 Å². The van der Waals surface area contributed by atoms with Gasteiger partial charge in [-0.1, -0.05) is 20.8 Å². The second-order valence-corrected chi connectivity index (χ2v) is 5.85. The molecule has 2 aromatic heterocycles. The van der Waals surface area contributed by atoms with Crippen LogP contribution in [0.15, 0.2) is 18.6 Å². The molecule has 106 valence electrons. The van der Waals surface area contributed by atoms with Crippen molar-refractivity contribution in [1.82, 2.24) is 19.9 Å². The van der Waals surface area contributed by atoms with Crippen LogP contribution < -0.4 is 5.32 Å². The van der Waals surface area contributed by atoms with E-state index in [2.05, 4.69) is 68.6 Å². The molecule has 20 heavy (non-hydrogen) atoms. The fourth-order valence-electron chi connectivity index (χ4n) is 1.74. The smallest absolute Gasteiger partial charge is 0.182 e. The first-order chi connectivity index (χ1) is 9.63. The summed E-state index contributed by atoms with van der Waals surface area (Å²) in [6, 6.07) is 0. The van der Waals surface area contributed by atoms with Crippen LogP contribution in [0.5, 0.6) is 0 Å². The van der Waals surface area contributed by atoms with Crippen molar-refractivity contribution in [2.75, 3.05) is 11.9 Å². The number of aromatic nitrogens is 4. The van der Waals surface area contributed by atoms with Gasteiger partial charge in [0, 0.05) is 18.9 Å². The maximum Gasteiger partial charge on any atom is 0.182 e. The quantitative estimate of drug-likeness (QED) is 0.801. The van der Waals surface area contributed by atoms with Crippen molar-refractivity contribution in [3.05, 3.63) is 27.9 Å². The molecule has 0 saturated heterocycles. The third kappa shape index (κ3) is 3.41. The minimum Gasteiger partial charge on any atom is -0.369 e. The molecule has 0 fully saturated rings. The van der Waals surface area contributed by atoms with E-state index in [9.17, 15) is 0 Å². The maximum atomic E-state index is 4.65. The lowest BCUT2D eigenvalue weighted by Crippen LogP contribution is -2.10. The van der Waals surface area contributed by atoms with Gasteiger partial charge >= 0.3 is 0 Å². The highest BCUT2D eigenvalue weighted by molar-refractivity contribution is 14.1. The normalized spacial score (nSPS) is 10.8. The van der Waals surface area contributed by atoms with E-state index in [1.54, 1.807) is 18.6 Å². The van der Waals surface area contributed by atoms with Gasteiger partial charge in [0.1, 0.15) is 11.5 Å². The molecule has 0 aromatic carbocycles. The molecule has 2 aromatic rings. The number of hydrogen-bond acceptors (Lipinski definition) is 5. The standard InChI is InChI=1S/C14H18IN5/c1-4-5-18-14-11(15)12(9(2)3)19-13(20-14)10-8-16-6-7-17-10/h6-9H,4-5H2,1-3H3,(H,18,19,20). The van der Waals surface area contributed by atoms with Crippen LogP contribution in [0.4, 0.5) is 5.82 Å². The van der Waals surface area contributed by atoms with E-state index < -0.39 is 0 Å². The Hall–Kier alpha value is -1.31. The molecule has 0 aliphatic rings. The summed E-state index contributed by atoms with van der Waals surface area (Å²) in [7, 11) is 0. The SMILES string of the molecule is CCCNc1nc(-c2cnccn2)nc(C(C)C)c1I. The molecular weight excluding hydrogens is 365 g/mol. The minimum absolute atomic E-state index is 0.336. The van der Waals surface area contributed by atoms with E-state index in [0.29, 0.717) is 17.4 Å². The van der Waals surface area contributed by atoms with Crippen LogP contribution in [0.2, 0.25) is 0 Å². The first kappa shape index (κ1) is 15.1. The molecule has 2 rings (SSSR count). The summed E-state index contributed by atoms with van der Waals surface area (Å²) in [5.74, 6) is 1.84. The zero-order chi connectivity index (χ0) is 14.5. The van der Waals surface area contributed by atoms with Crippen molar-refractivity contribution < 1.29 is 0 Å². The van der Waals surface area contributed by atoms with Gasteiger partial charge in [0.2, 0.25) is 0 Å². The second-order valence-electron chi connectivity index (χ2n) is 4.77. The molecule has 2 heterocycles. The summed E-state index contributed by atoms with van der Waals surface area (Å²) in [5.41, 5.74) is 1.74. The zero-order valence-electron chi connectivity index (χ0n) is 11.9. The highest BCUT2D eigenvalue weighted by Crippen LogP contribution is 2.27. The fourth-order valence-corrected chi connectivity index (χ4v) is 2.79. The monoisotopic (exact) mass is 383 g/mol. The Morgan fingerprint density at radius 2 is 2.05 bits per heavy atom. The second kappa shape index (κ2) is 6.92. The predicted molar refractivity (Wildman–Crippen MR) is 88.6 cm³/mol. The molecule has 0 atom stereocenters. The Kier molecular flexibility index (Phi) is 5.22. The minimum atomic E-state index is 0.336. The Morgan fingerprint density at radius 1 is 1.25 bits per heavy atom. The molecular formula is C14H18IN5. The summed E-state index contributed by atoms with van der Waals surface area (Å²) in [6.07, 6.45) is 6.05. The van der Waals surface area contributed by atoms with Gasteiger partial charge in [0.05, 0.1) is 15.5 Å². The summed E-state index contributed by atoms with van der Waals surface area (Å²) in [6.45, 7) is 7.29. The van der Waals surface area contributed by atoms with E-state index >= 15 is 0 Å². The predicted octanol–water partition coefficient (Wildman–Crippen LogP) is 3.48. The van der Waals surface area contributed by atoms with Crippen molar-refractivity contribution in [2.45, 2.75) is 33.1 Å². The summed E-state index contributed by atoms with van der Waals surface area (Å²) < 4.78 is 1.08. The number of rotatable bonds is 5. The molecule has 1 N–H and O–H groups in total. The van der Waals surface area contributed by atoms with Crippen molar-refractivity contribution in [3.8, 4) is 11.5 Å². The third-order valence-electron chi connectivity index (χ3n) is 2.76. The van der Waals surface area contributed by atoms with Gasteiger partial charge in [-0.15, -0.1) is 0 Å². The van der Waals surface area contributed by atoms with Crippen LogP contribution in [0.3, 0.4) is 0 Å². The van der Waals surface area contributed by atoms with Crippen LogP contribution >= 0.6 is 22.6 Å². The van der Waals surface area contributed by atoms with E-state index in [1.807, 2.05) is 0 Å². The van der Waals surface area contributed by atoms with E-state index in [-0.39, 0.29) is 0 Å². The molecule has 5 nitrogen and oxygen atoms in total. The van der Waals surface area contributed by atoms with Crippen molar-refractivity contribution >= 4 is 28.4 Å². The average molecular weight is 383 g/mol. The van der Waals surface area contributed by atoms with Gasteiger partial charge in [-0.05, 0) is 34.9 Å². The number of hydrogen-bond donors (Lipinski definition) is 1. The van der Waals surface area contributed by atoms with Crippen molar-refractivity contribution in [1.29, 1.82) is 0 Å². The number of halogens is 1. The number of nitrogens with one attached hydrogen (secondary N) is 1. The molecule has 0 unspecified atom stereocenters. The largest absolute Gasteiger partial charge is 0.369 e. The molecule has 0 bridgehead atoms. The van der Waals surface area contributed by atoms with Crippen LogP contribution in [0.1, 0.15) is 38.8 Å². The van der Waals surface area contributed by atoms with Crippen LogP contribution in [-0.4, -0.2) is 26.5 Å². The van der Waals surface area contributed by atoms with Crippen LogP contribution in [0.25, 0.3) is 11.5 Å². The lowest BCUT2D eigenvalue weighted by molar-refractivity contribution is 0.806. The van der Waals surface area contributed by atoms with E-state index in [0.717, 1.165) is 28.0 Å². The summed E-state index contributed by atoms with van der Waals surface area (Å²) >= 11 is 2.31. The fraction of sp³-hybridized carbons (Fsp3) is 0.429. The lowest BCUT2D eigenvalue weighted by atomic mass is 10.1. The first-order valence-electron chi connectivity index (χ1n) is 6.71. The Morgan fingerprint density at radius 3 is 2.65 bits per heavy atom. The molecule has 0 aliphatic heterocycles. The number of anilines is 1. The van der Waals surface area contributed by atoms with Gasteiger partial charge in [0.25, 0.3) is 0 Å². The molecule has 0 saturated carbocycles. The molecule has 0 aliphatic carbocycles. The Labute approximate surface area is 132 Å². The zero-order valence-corrected chi connectivity index (χ0v) is 14.0. The molecule has 0 spiro atoms. The first-order valence-corrected chi connectivity index (χ1v) is 7.79. The molecule has 6 heteroatoms. The van der Waals surface area contributed by atoms with Gasteiger partial charge in [-0.25, -0.2) is 15.0 Å². The van der Waals surface area contributed by atoms with Crippen LogP contribution in [-0.2, 0) is 0 Å². The molecule has 0 amide bonds. The van der Waals surface area contributed by atoms with Crippen molar-refractivity contribution in [2.24, 2.45) is 0 Å². The highest BCUT2D eigenvalue weighted by atomic mass is 127. The van der Waals surface area contributed by atoms with Gasteiger partial charge in [-0.3, -0.25) is 4.98 Å². The maximum absolute atomic E-state index is 4.65.